The molecule has 98 valence electrons. The maximum atomic E-state index is 5.86. The number of hydrogen-bond acceptors (Lipinski definition) is 2. The molecule has 0 amide bonds. The molecule has 1 aromatic rings. The molecular formula is C16H23NO. The van der Waals surface area contributed by atoms with Crippen LogP contribution in [0.3, 0.4) is 0 Å². The molecule has 1 aliphatic carbocycles. The minimum absolute atomic E-state index is 0.498. The zero-order chi connectivity index (χ0) is 12.4. The summed E-state index contributed by atoms with van der Waals surface area (Å²) in [6.45, 7) is 3.44. The van der Waals surface area contributed by atoms with Crippen molar-refractivity contribution < 1.29 is 4.74 Å². The Hall–Kier alpha value is -1.02. The van der Waals surface area contributed by atoms with Crippen LogP contribution in [0.15, 0.2) is 24.3 Å². The molecule has 1 aromatic carbocycles. The van der Waals surface area contributed by atoms with E-state index in [0.29, 0.717) is 12.1 Å². The number of ether oxygens (including phenoxy) is 1. The summed E-state index contributed by atoms with van der Waals surface area (Å²) in [4.78, 5) is 0. The van der Waals surface area contributed by atoms with Crippen LogP contribution in [0.2, 0.25) is 0 Å². The summed E-state index contributed by atoms with van der Waals surface area (Å²) < 4.78 is 5.86. The lowest BCUT2D eigenvalue weighted by Crippen LogP contribution is -2.37. The highest BCUT2D eigenvalue weighted by atomic mass is 16.5. The second kappa shape index (κ2) is 5.31. The average molecular weight is 245 g/mol. The molecule has 0 radical (unpaired) electrons. The van der Waals surface area contributed by atoms with Crippen molar-refractivity contribution in [3.05, 3.63) is 29.8 Å². The van der Waals surface area contributed by atoms with Crippen LogP contribution in [0.4, 0.5) is 0 Å². The van der Waals surface area contributed by atoms with E-state index in [1.807, 2.05) is 0 Å². The van der Waals surface area contributed by atoms with Gasteiger partial charge in [0.1, 0.15) is 5.75 Å². The summed E-state index contributed by atoms with van der Waals surface area (Å²) in [5, 5.41) is 3.58. The minimum atomic E-state index is 0.498. The summed E-state index contributed by atoms with van der Waals surface area (Å²) in [5.74, 6) is 1.85. The molecule has 2 fully saturated rings. The first-order valence-corrected chi connectivity index (χ1v) is 7.28. The first-order valence-electron chi connectivity index (χ1n) is 7.28. The van der Waals surface area contributed by atoms with E-state index in [1.54, 1.807) is 0 Å². The molecule has 0 spiro atoms. The summed E-state index contributed by atoms with van der Waals surface area (Å²) in [6.07, 6.45) is 6.80. The van der Waals surface area contributed by atoms with Gasteiger partial charge in [-0.05, 0) is 69.2 Å². The largest absolute Gasteiger partial charge is 0.490 e. The van der Waals surface area contributed by atoms with Crippen LogP contribution in [0.25, 0.3) is 0 Å². The van der Waals surface area contributed by atoms with Crippen LogP contribution < -0.4 is 10.1 Å². The van der Waals surface area contributed by atoms with Crippen molar-refractivity contribution >= 4 is 0 Å². The van der Waals surface area contributed by atoms with E-state index in [-0.39, 0.29) is 0 Å². The number of piperidine rings is 1. The van der Waals surface area contributed by atoms with Gasteiger partial charge in [-0.3, -0.25) is 0 Å². The van der Waals surface area contributed by atoms with Crippen LogP contribution in [0.5, 0.6) is 5.75 Å². The lowest BCUT2D eigenvalue weighted by molar-refractivity contribution is 0.301. The van der Waals surface area contributed by atoms with Gasteiger partial charge in [0.2, 0.25) is 0 Å². The normalized spacial score (nSPS) is 28.1. The Balaban J connectivity index is 1.57. The van der Waals surface area contributed by atoms with Gasteiger partial charge in [-0.1, -0.05) is 12.1 Å². The highest BCUT2D eigenvalue weighted by molar-refractivity contribution is 5.29. The van der Waals surface area contributed by atoms with Gasteiger partial charge in [0.05, 0.1) is 6.10 Å². The van der Waals surface area contributed by atoms with Crippen LogP contribution in [0, 0.1) is 5.92 Å². The number of hydrogen-bond donors (Lipinski definition) is 1. The molecular weight excluding hydrogens is 222 g/mol. The van der Waals surface area contributed by atoms with Crippen molar-refractivity contribution in [2.45, 2.75) is 51.2 Å². The van der Waals surface area contributed by atoms with E-state index < -0.39 is 0 Å². The van der Waals surface area contributed by atoms with E-state index in [1.165, 1.54) is 37.7 Å². The third-order valence-corrected chi connectivity index (χ3v) is 4.01. The van der Waals surface area contributed by atoms with Gasteiger partial charge in [0, 0.05) is 6.04 Å². The Morgan fingerprint density at radius 3 is 2.83 bits per heavy atom. The molecule has 0 aromatic heterocycles. The maximum Gasteiger partial charge on any atom is 0.119 e. The van der Waals surface area contributed by atoms with Gasteiger partial charge in [-0.2, -0.15) is 0 Å². The van der Waals surface area contributed by atoms with Gasteiger partial charge in [-0.15, -0.1) is 0 Å². The zero-order valence-corrected chi connectivity index (χ0v) is 11.2. The van der Waals surface area contributed by atoms with Crippen LogP contribution >= 0.6 is 0 Å². The third-order valence-electron chi connectivity index (χ3n) is 4.01. The molecule has 1 aliphatic heterocycles. The van der Waals surface area contributed by atoms with Crippen LogP contribution in [0.1, 0.15) is 38.2 Å². The molecule has 0 bridgehead atoms. The molecule has 3 rings (SSSR count). The van der Waals surface area contributed by atoms with Crippen molar-refractivity contribution in [1.29, 1.82) is 0 Å². The molecule has 2 unspecified atom stereocenters. The fourth-order valence-corrected chi connectivity index (χ4v) is 2.69. The van der Waals surface area contributed by atoms with Crippen LogP contribution in [-0.2, 0) is 6.42 Å². The summed E-state index contributed by atoms with van der Waals surface area (Å²) in [5.41, 5.74) is 1.43. The second-order valence-electron chi connectivity index (χ2n) is 5.92. The van der Waals surface area contributed by atoms with Crippen molar-refractivity contribution in [1.82, 2.24) is 5.32 Å². The molecule has 1 heterocycles. The van der Waals surface area contributed by atoms with Crippen molar-refractivity contribution in [2.24, 2.45) is 5.92 Å². The monoisotopic (exact) mass is 245 g/mol. The number of nitrogens with one attached hydrogen (secondary N) is 1. The van der Waals surface area contributed by atoms with Crippen molar-refractivity contribution in [3.63, 3.8) is 0 Å². The Morgan fingerprint density at radius 2 is 2.11 bits per heavy atom. The van der Waals surface area contributed by atoms with E-state index in [2.05, 4.69) is 36.5 Å². The molecule has 2 nitrogen and oxygen atoms in total. The first-order chi connectivity index (χ1) is 8.79. The molecule has 1 N–H and O–H groups in total. The quantitative estimate of drug-likeness (QED) is 0.880. The van der Waals surface area contributed by atoms with Crippen molar-refractivity contribution in [3.8, 4) is 5.75 Å². The number of benzene rings is 1. The van der Waals surface area contributed by atoms with Gasteiger partial charge in [0.15, 0.2) is 0 Å². The lowest BCUT2D eigenvalue weighted by Gasteiger charge is -2.27. The summed E-state index contributed by atoms with van der Waals surface area (Å²) in [7, 11) is 0. The molecule has 2 heteroatoms. The predicted octanol–water partition coefficient (Wildman–Crippen LogP) is 3.16. The Bertz CT molecular complexity index is 392. The predicted molar refractivity (Wildman–Crippen MR) is 74.0 cm³/mol. The van der Waals surface area contributed by atoms with E-state index >= 15 is 0 Å². The third kappa shape index (κ3) is 3.26. The Kier molecular flexibility index (Phi) is 3.55. The Morgan fingerprint density at radius 1 is 1.22 bits per heavy atom. The molecule has 2 atom stereocenters. The minimum Gasteiger partial charge on any atom is -0.490 e. The SMILES string of the molecule is CC1CCC(Cc2cccc(OC3CC3)c2)CN1. The van der Waals surface area contributed by atoms with Gasteiger partial charge < -0.3 is 10.1 Å². The highest BCUT2D eigenvalue weighted by Gasteiger charge is 2.23. The second-order valence-corrected chi connectivity index (χ2v) is 5.92. The fraction of sp³-hybridized carbons (Fsp3) is 0.625. The highest BCUT2D eigenvalue weighted by Crippen LogP contribution is 2.28. The van der Waals surface area contributed by atoms with Gasteiger partial charge in [0.25, 0.3) is 0 Å². The van der Waals surface area contributed by atoms with Gasteiger partial charge >= 0.3 is 0 Å². The lowest BCUT2D eigenvalue weighted by atomic mass is 9.90. The van der Waals surface area contributed by atoms with Gasteiger partial charge in [-0.25, -0.2) is 0 Å². The summed E-state index contributed by atoms with van der Waals surface area (Å²) >= 11 is 0. The molecule has 1 saturated carbocycles. The topological polar surface area (TPSA) is 21.3 Å². The average Bonchev–Trinajstić information content (AvgIpc) is 3.17. The fourth-order valence-electron chi connectivity index (χ4n) is 2.69. The van der Waals surface area contributed by atoms with E-state index in [9.17, 15) is 0 Å². The molecule has 2 aliphatic rings. The number of rotatable bonds is 4. The maximum absolute atomic E-state index is 5.86. The van der Waals surface area contributed by atoms with Crippen molar-refractivity contribution in [2.75, 3.05) is 6.54 Å². The standard InChI is InChI=1S/C16H23NO/c1-12-5-6-14(11-17-12)9-13-3-2-4-16(10-13)18-15-7-8-15/h2-4,10,12,14-15,17H,5-9,11H2,1H3. The molecule has 1 saturated heterocycles. The summed E-state index contributed by atoms with van der Waals surface area (Å²) in [6, 6.07) is 9.38. The van der Waals surface area contributed by atoms with Crippen LogP contribution in [-0.4, -0.2) is 18.7 Å². The van der Waals surface area contributed by atoms with E-state index in [0.717, 1.165) is 18.2 Å². The first kappa shape index (κ1) is 12.0. The van der Waals surface area contributed by atoms with E-state index in [4.69, 9.17) is 4.74 Å². The zero-order valence-electron chi connectivity index (χ0n) is 11.2. The smallest absolute Gasteiger partial charge is 0.119 e. The Labute approximate surface area is 110 Å². The molecule has 18 heavy (non-hydrogen) atoms.